The number of anilines is 1. The number of hydrogen-bond acceptors (Lipinski definition) is 2. The Hall–Kier alpha value is -1.66. The Bertz CT molecular complexity index is 667. The zero-order valence-electron chi connectivity index (χ0n) is 10.4. The summed E-state index contributed by atoms with van der Waals surface area (Å²) in [5, 5.41) is 3.08. The van der Waals surface area contributed by atoms with Gasteiger partial charge in [0.1, 0.15) is 5.75 Å². The largest absolute Gasteiger partial charge is 0.434 e. The average molecular weight is 377 g/mol. The van der Waals surface area contributed by atoms with Gasteiger partial charge in [-0.15, -0.1) is 0 Å². The van der Waals surface area contributed by atoms with Gasteiger partial charge in [0, 0.05) is 10.2 Å². The molecule has 0 atom stereocenters. The number of halogens is 4. The van der Waals surface area contributed by atoms with Gasteiger partial charge in [0.25, 0.3) is 5.91 Å². The highest BCUT2D eigenvalue weighted by Gasteiger charge is 2.15. The van der Waals surface area contributed by atoms with E-state index in [4.69, 9.17) is 11.6 Å². The molecule has 0 unspecified atom stereocenters. The van der Waals surface area contributed by atoms with Gasteiger partial charge in [-0.3, -0.25) is 4.79 Å². The molecule has 0 saturated carbocycles. The van der Waals surface area contributed by atoms with Crippen LogP contribution in [0.1, 0.15) is 10.4 Å². The third-order valence-electron chi connectivity index (χ3n) is 2.53. The lowest BCUT2D eigenvalue weighted by molar-refractivity contribution is -0.0501. The molecule has 0 saturated heterocycles. The van der Waals surface area contributed by atoms with Gasteiger partial charge >= 0.3 is 6.61 Å². The van der Waals surface area contributed by atoms with Crippen LogP contribution in [0.5, 0.6) is 5.75 Å². The maximum absolute atomic E-state index is 12.3. The molecule has 0 bridgehead atoms. The van der Waals surface area contributed by atoms with E-state index in [0.29, 0.717) is 15.2 Å². The minimum atomic E-state index is -3.00. The van der Waals surface area contributed by atoms with Crippen LogP contribution >= 0.6 is 27.5 Å². The van der Waals surface area contributed by atoms with Gasteiger partial charge in [0.05, 0.1) is 10.6 Å². The van der Waals surface area contributed by atoms with Crippen molar-refractivity contribution >= 4 is 39.1 Å². The lowest BCUT2D eigenvalue weighted by atomic mass is 10.2. The Kier molecular flexibility index (Phi) is 5.14. The van der Waals surface area contributed by atoms with E-state index >= 15 is 0 Å². The van der Waals surface area contributed by atoms with Gasteiger partial charge in [-0.25, -0.2) is 0 Å². The molecule has 0 aromatic heterocycles. The zero-order valence-corrected chi connectivity index (χ0v) is 12.8. The molecule has 21 heavy (non-hydrogen) atoms. The first kappa shape index (κ1) is 15.7. The summed E-state index contributed by atoms with van der Waals surface area (Å²) >= 11 is 9.09. The highest BCUT2D eigenvalue weighted by molar-refractivity contribution is 9.10. The first-order valence-electron chi connectivity index (χ1n) is 5.77. The topological polar surface area (TPSA) is 38.3 Å². The molecule has 110 valence electrons. The molecule has 2 rings (SSSR count). The fourth-order valence-electron chi connectivity index (χ4n) is 1.63. The van der Waals surface area contributed by atoms with Crippen LogP contribution in [0, 0.1) is 0 Å². The Morgan fingerprint density at radius 2 is 1.95 bits per heavy atom. The molecule has 7 heteroatoms. The summed E-state index contributed by atoms with van der Waals surface area (Å²) in [5.74, 6) is -0.737. The molecule has 0 fully saturated rings. The highest BCUT2D eigenvalue weighted by Crippen LogP contribution is 2.27. The lowest BCUT2D eigenvalue weighted by Crippen LogP contribution is -2.14. The standard InChI is InChI=1S/C14H9BrClF2NO2/c15-10-7-8(5-6-11(10)16)19-13(20)9-3-1-2-4-12(9)21-14(17)18/h1-7,14H,(H,19,20). The monoisotopic (exact) mass is 375 g/mol. The van der Waals surface area contributed by atoms with Crippen LogP contribution in [0.3, 0.4) is 0 Å². The Balaban J connectivity index is 2.22. The zero-order chi connectivity index (χ0) is 15.4. The van der Waals surface area contributed by atoms with Crippen LogP contribution in [-0.2, 0) is 0 Å². The molecule has 1 amide bonds. The second-order valence-corrected chi connectivity index (χ2v) is 5.22. The summed E-state index contributed by atoms with van der Waals surface area (Å²) in [6.07, 6.45) is 0. The van der Waals surface area contributed by atoms with Crippen LogP contribution in [0.25, 0.3) is 0 Å². The number of para-hydroxylation sites is 1. The third-order valence-corrected chi connectivity index (χ3v) is 3.74. The molecule has 0 heterocycles. The molecule has 0 radical (unpaired) electrons. The van der Waals surface area contributed by atoms with Crippen molar-refractivity contribution in [2.24, 2.45) is 0 Å². The molecule has 0 aliphatic rings. The molecular weight excluding hydrogens is 368 g/mol. The van der Waals surface area contributed by atoms with E-state index in [9.17, 15) is 13.6 Å². The maximum Gasteiger partial charge on any atom is 0.387 e. The normalized spacial score (nSPS) is 10.5. The predicted molar refractivity (Wildman–Crippen MR) is 80.2 cm³/mol. The number of alkyl halides is 2. The molecule has 0 aliphatic carbocycles. The Morgan fingerprint density at radius 1 is 1.24 bits per heavy atom. The van der Waals surface area contributed by atoms with Crippen molar-refractivity contribution in [3.63, 3.8) is 0 Å². The summed E-state index contributed by atoms with van der Waals surface area (Å²) in [6, 6.07) is 10.6. The molecule has 0 spiro atoms. The van der Waals surface area contributed by atoms with Gasteiger partial charge in [0.15, 0.2) is 0 Å². The van der Waals surface area contributed by atoms with Crippen molar-refractivity contribution in [2.45, 2.75) is 6.61 Å². The first-order chi connectivity index (χ1) is 9.97. The van der Waals surface area contributed by atoms with Gasteiger partial charge in [-0.2, -0.15) is 8.78 Å². The van der Waals surface area contributed by atoms with E-state index in [-0.39, 0.29) is 11.3 Å². The number of ether oxygens (including phenoxy) is 1. The van der Waals surface area contributed by atoms with Crippen LogP contribution in [0.4, 0.5) is 14.5 Å². The van der Waals surface area contributed by atoms with Crippen LogP contribution < -0.4 is 10.1 Å². The fraction of sp³-hybridized carbons (Fsp3) is 0.0714. The Morgan fingerprint density at radius 3 is 2.62 bits per heavy atom. The quantitative estimate of drug-likeness (QED) is 0.819. The van der Waals surface area contributed by atoms with Gasteiger partial charge in [0.2, 0.25) is 0 Å². The van der Waals surface area contributed by atoms with Crippen molar-refractivity contribution in [1.82, 2.24) is 0 Å². The molecule has 1 N–H and O–H groups in total. The number of hydrogen-bond donors (Lipinski definition) is 1. The molecule has 0 aliphatic heterocycles. The number of rotatable bonds is 4. The lowest BCUT2D eigenvalue weighted by Gasteiger charge is -2.11. The van der Waals surface area contributed by atoms with Crippen molar-refractivity contribution < 1.29 is 18.3 Å². The SMILES string of the molecule is O=C(Nc1ccc(Cl)c(Br)c1)c1ccccc1OC(F)F. The highest BCUT2D eigenvalue weighted by atomic mass is 79.9. The summed E-state index contributed by atoms with van der Waals surface area (Å²) in [4.78, 5) is 12.1. The minimum Gasteiger partial charge on any atom is -0.434 e. The number of carbonyl (C=O) groups excluding carboxylic acids is 1. The van der Waals surface area contributed by atoms with Crippen molar-refractivity contribution in [3.8, 4) is 5.75 Å². The van der Waals surface area contributed by atoms with Gasteiger partial charge in [-0.1, -0.05) is 23.7 Å². The van der Waals surface area contributed by atoms with E-state index < -0.39 is 12.5 Å². The second-order valence-electron chi connectivity index (χ2n) is 3.96. The van der Waals surface area contributed by atoms with Crippen LogP contribution in [0.15, 0.2) is 46.9 Å². The van der Waals surface area contributed by atoms with E-state index in [1.807, 2.05) is 0 Å². The second kappa shape index (κ2) is 6.87. The van der Waals surface area contributed by atoms with Gasteiger partial charge < -0.3 is 10.1 Å². The molecule has 2 aromatic rings. The molecule has 2 aromatic carbocycles. The summed E-state index contributed by atoms with van der Waals surface area (Å²) in [6.45, 7) is -3.00. The van der Waals surface area contributed by atoms with Crippen molar-refractivity contribution in [2.75, 3.05) is 5.32 Å². The maximum atomic E-state index is 12.3. The smallest absolute Gasteiger partial charge is 0.387 e. The Labute approximate surface area is 133 Å². The molecular formula is C14H9BrClF2NO2. The number of nitrogens with one attached hydrogen (secondary N) is 1. The van der Waals surface area contributed by atoms with Crippen LogP contribution in [0.2, 0.25) is 5.02 Å². The number of benzene rings is 2. The van der Waals surface area contributed by atoms with Crippen molar-refractivity contribution in [3.05, 3.63) is 57.5 Å². The van der Waals surface area contributed by atoms with E-state index in [2.05, 4.69) is 26.0 Å². The summed E-state index contributed by atoms with van der Waals surface area (Å²) in [7, 11) is 0. The van der Waals surface area contributed by atoms with E-state index in [1.165, 1.54) is 18.2 Å². The average Bonchev–Trinajstić information content (AvgIpc) is 2.43. The van der Waals surface area contributed by atoms with Crippen LogP contribution in [-0.4, -0.2) is 12.5 Å². The van der Waals surface area contributed by atoms with E-state index in [1.54, 1.807) is 24.3 Å². The molecule has 3 nitrogen and oxygen atoms in total. The summed E-state index contributed by atoms with van der Waals surface area (Å²) in [5.41, 5.74) is 0.493. The van der Waals surface area contributed by atoms with E-state index in [0.717, 1.165) is 0 Å². The first-order valence-corrected chi connectivity index (χ1v) is 6.94. The van der Waals surface area contributed by atoms with Gasteiger partial charge in [-0.05, 0) is 46.3 Å². The summed E-state index contributed by atoms with van der Waals surface area (Å²) < 4.78 is 29.6. The van der Waals surface area contributed by atoms with Crippen molar-refractivity contribution in [1.29, 1.82) is 0 Å². The third kappa shape index (κ3) is 4.15. The number of amides is 1. The number of carbonyl (C=O) groups is 1. The minimum absolute atomic E-state index is 0.0175. The fourth-order valence-corrected chi connectivity index (χ4v) is 2.12. The predicted octanol–water partition coefficient (Wildman–Crippen LogP) is 4.96.